The number of nitrogens with one attached hydrogen (secondary N) is 3. The average molecular weight is 450 g/mol. The van der Waals surface area contributed by atoms with Crippen molar-refractivity contribution in [2.45, 2.75) is 25.1 Å². The molecule has 0 saturated carbocycles. The Morgan fingerprint density at radius 2 is 2.06 bits per heavy atom. The molecule has 8 nitrogen and oxygen atoms in total. The van der Waals surface area contributed by atoms with Gasteiger partial charge in [0.05, 0.1) is 5.70 Å². The van der Waals surface area contributed by atoms with E-state index in [1.54, 1.807) is 25.2 Å². The maximum atomic E-state index is 14.1. The standard InChI is InChI=1S/C20H25F2N7OS/c1-26-18(29-8-6-13(22)14(24)7-9-29)15(10-23)27-19(30)16-17(25)31-20(28-16)11-4-2-3-5-12(11)21/h2-5,10,13-14,23,26H,6-9,24-25H2,1H3,(H,27,30)/b18-15-,23-10?/t13-,14-/m1/s1. The number of aromatic nitrogens is 1. The van der Waals surface area contributed by atoms with Crippen LogP contribution in [0.15, 0.2) is 35.8 Å². The second-order valence-corrected chi connectivity index (χ2v) is 8.10. The van der Waals surface area contributed by atoms with E-state index in [9.17, 15) is 13.6 Å². The second kappa shape index (κ2) is 9.84. The van der Waals surface area contributed by atoms with Crippen molar-refractivity contribution in [3.8, 4) is 10.6 Å². The van der Waals surface area contributed by atoms with Crippen LogP contribution in [0.4, 0.5) is 13.8 Å². The van der Waals surface area contributed by atoms with Crippen molar-refractivity contribution < 1.29 is 13.6 Å². The van der Waals surface area contributed by atoms with Crippen molar-refractivity contribution in [3.63, 3.8) is 0 Å². The first-order valence-corrected chi connectivity index (χ1v) is 10.6. The van der Waals surface area contributed by atoms with Gasteiger partial charge in [-0.2, -0.15) is 0 Å². The Balaban J connectivity index is 1.85. The largest absolute Gasteiger partial charge is 0.389 e. The van der Waals surface area contributed by atoms with Gasteiger partial charge in [0.2, 0.25) is 0 Å². The van der Waals surface area contributed by atoms with Gasteiger partial charge in [0.1, 0.15) is 27.8 Å². The summed E-state index contributed by atoms with van der Waals surface area (Å²) in [5, 5.41) is 13.8. The van der Waals surface area contributed by atoms with Crippen LogP contribution in [0.25, 0.3) is 10.6 Å². The fourth-order valence-corrected chi connectivity index (χ4v) is 4.22. The number of anilines is 1. The van der Waals surface area contributed by atoms with Crippen LogP contribution < -0.4 is 22.1 Å². The summed E-state index contributed by atoms with van der Waals surface area (Å²) < 4.78 is 28.0. The zero-order valence-corrected chi connectivity index (χ0v) is 17.8. The summed E-state index contributed by atoms with van der Waals surface area (Å²) >= 11 is 1.00. The van der Waals surface area contributed by atoms with E-state index in [1.807, 2.05) is 4.90 Å². The topological polar surface area (TPSA) is 133 Å². The number of alkyl halides is 1. The summed E-state index contributed by atoms with van der Waals surface area (Å²) in [6.45, 7) is 0.857. The van der Waals surface area contributed by atoms with Gasteiger partial charge in [0, 0.05) is 38.0 Å². The molecule has 0 unspecified atom stereocenters. The van der Waals surface area contributed by atoms with Gasteiger partial charge in [0.25, 0.3) is 5.91 Å². The Labute approximate surface area is 182 Å². The summed E-state index contributed by atoms with van der Waals surface area (Å²) in [6, 6.07) is 5.54. The Kier molecular flexibility index (Phi) is 7.18. The van der Waals surface area contributed by atoms with Gasteiger partial charge in [-0.25, -0.2) is 13.8 Å². The van der Waals surface area contributed by atoms with E-state index in [2.05, 4.69) is 15.6 Å². The Hall–Kier alpha value is -3.05. The molecule has 0 aliphatic carbocycles. The van der Waals surface area contributed by atoms with E-state index in [-0.39, 0.29) is 33.4 Å². The third-order valence-electron chi connectivity index (χ3n) is 5.05. The average Bonchev–Trinajstić information content (AvgIpc) is 3.07. The fraction of sp³-hybridized carbons (Fsp3) is 0.350. The van der Waals surface area contributed by atoms with Crippen LogP contribution >= 0.6 is 11.3 Å². The van der Waals surface area contributed by atoms with Crippen molar-refractivity contribution in [1.82, 2.24) is 20.5 Å². The Bertz CT molecular complexity index is 982. The highest BCUT2D eigenvalue weighted by Crippen LogP contribution is 2.31. The molecule has 1 aromatic heterocycles. The molecule has 1 amide bonds. The number of rotatable bonds is 6. The number of nitrogens with zero attached hydrogens (tertiary/aromatic N) is 2. The number of allylic oxidation sites excluding steroid dienone is 1. The van der Waals surface area contributed by atoms with Crippen molar-refractivity contribution in [2.24, 2.45) is 5.73 Å². The van der Waals surface area contributed by atoms with Gasteiger partial charge in [-0.1, -0.05) is 23.5 Å². The van der Waals surface area contributed by atoms with Crippen LogP contribution in [0.1, 0.15) is 23.3 Å². The molecule has 31 heavy (non-hydrogen) atoms. The van der Waals surface area contributed by atoms with E-state index in [0.29, 0.717) is 25.3 Å². The molecule has 2 atom stereocenters. The van der Waals surface area contributed by atoms with Gasteiger partial charge >= 0.3 is 0 Å². The lowest BCUT2D eigenvalue weighted by molar-refractivity contribution is 0.0963. The van der Waals surface area contributed by atoms with Crippen LogP contribution in [0.3, 0.4) is 0 Å². The van der Waals surface area contributed by atoms with E-state index in [0.717, 1.165) is 17.6 Å². The molecule has 1 aliphatic heterocycles. The lowest BCUT2D eigenvalue weighted by atomic mass is 10.1. The Morgan fingerprint density at radius 3 is 2.74 bits per heavy atom. The van der Waals surface area contributed by atoms with E-state index in [1.165, 1.54) is 6.07 Å². The molecular formula is C20H25F2N7OS. The van der Waals surface area contributed by atoms with Gasteiger partial charge in [-0.3, -0.25) is 4.79 Å². The number of amides is 1. The van der Waals surface area contributed by atoms with Crippen LogP contribution in [-0.4, -0.2) is 54.4 Å². The molecule has 2 aromatic rings. The maximum Gasteiger partial charge on any atom is 0.277 e. The van der Waals surface area contributed by atoms with Crippen molar-refractivity contribution in [3.05, 3.63) is 47.3 Å². The number of carbonyl (C=O) groups excluding carboxylic acids is 1. The zero-order valence-electron chi connectivity index (χ0n) is 17.0. The minimum Gasteiger partial charge on any atom is -0.389 e. The first-order valence-electron chi connectivity index (χ1n) is 9.75. The van der Waals surface area contributed by atoms with E-state index in [4.69, 9.17) is 16.9 Å². The van der Waals surface area contributed by atoms with Crippen molar-refractivity contribution in [2.75, 3.05) is 25.9 Å². The number of hydrogen-bond acceptors (Lipinski definition) is 8. The molecule has 0 bridgehead atoms. The van der Waals surface area contributed by atoms with Crippen LogP contribution in [0, 0.1) is 11.2 Å². The van der Waals surface area contributed by atoms with Crippen LogP contribution in [-0.2, 0) is 0 Å². The summed E-state index contributed by atoms with van der Waals surface area (Å²) in [5.41, 5.74) is 12.2. The second-order valence-electron chi connectivity index (χ2n) is 7.07. The van der Waals surface area contributed by atoms with Gasteiger partial charge in [-0.05, 0) is 25.0 Å². The third kappa shape index (κ3) is 5.00. The molecule has 1 aliphatic rings. The molecule has 2 heterocycles. The van der Waals surface area contributed by atoms with Crippen molar-refractivity contribution >= 4 is 28.5 Å². The normalized spacial score (nSPS) is 19.9. The third-order valence-corrected chi connectivity index (χ3v) is 5.96. The lowest BCUT2D eigenvalue weighted by Gasteiger charge is -2.27. The summed E-state index contributed by atoms with van der Waals surface area (Å²) in [5.74, 6) is -0.628. The van der Waals surface area contributed by atoms with Crippen LogP contribution in [0.5, 0.6) is 0 Å². The molecule has 0 spiro atoms. The predicted molar refractivity (Wildman–Crippen MR) is 118 cm³/mol. The molecule has 7 N–H and O–H groups in total. The molecule has 0 radical (unpaired) electrons. The summed E-state index contributed by atoms with van der Waals surface area (Å²) in [6.07, 6.45) is 0.572. The minimum absolute atomic E-state index is 0.0558. The molecule has 1 saturated heterocycles. The predicted octanol–water partition coefficient (Wildman–Crippen LogP) is 2.06. The summed E-state index contributed by atoms with van der Waals surface area (Å²) in [4.78, 5) is 18.9. The molecule has 3 rings (SSSR count). The number of carbonyl (C=O) groups is 1. The highest BCUT2D eigenvalue weighted by Gasteiger charge is 2.26. The van der Waals surface area contributed by atoms with Gasteiger partial charge in [-0.15, -0.1) is 0 Å². The van der Waals surface area contributed by atoms with Crippen LogP contribution in [0.2, 0.25) is 0 Å². The minimum atomic E-state index is -1.10. The number of likely N-dealkylation sites (tertiary alicyclic amines) is 1. The number of nitrogen functional groups attached to an aromatic ring is 1. The number of thiazole rings is 1. The number of hydrogen-bond donors (Lipinski definition) is 5. The fourth-order valence-electron chi connectivity index (χ4n) is 3.37. The van der Waals surface area contributed by atoms with Gasteiger partial charge < -0.3 is 32.4 Å². The Morgan fingerprint density at radius 1 is 1.35 bits per heavy atom. The highest BCUT2D eigenvalue weighted by molar-refractivity contribution is 7.19. The molecule has 166 valence electrons. The van der Waals surface area contributed by atoms with E-state index < -0.39 is 23.9 Å². The number of halogens is 2. The quantitative estimate of drug-likeness (QED) is 0.429. The zero-order chi connectivity index (χ0) is 22.5. The number of nitrogens with two attached hydrogens (primary N) is 2. The molecular weight excluding hydrogens is 424 g/mol. The molecule has 1 fully saturated rings. The van der Waals surface area contributed by atoms with E-state index >= 15 is 0 Å². The highest BCUT2D eigenvalue weighted by atomic mass is 32.1. The summed E-state index contributed by atoms with van der Waals surface area (Å²) in [7, 11) is 1.65. The SMILES string of the molecule is CN/C(=C(\C=N)NC(=O)c1nc(-c2ccccc2F)sc1N)N1CC[C@@H](N)[C@H](F)CC1. The van der Waals surface area contributed by atoms with Gasteiger partial charge in [0.15, 0.2) is 5.69 Å². The first kappa shape index (κ1) is 22.6. The lowest BCUT2D eigenvalue weighted by Crippen LogP contribution is -2.37. The molecule has 1 aromatic carbocycles. The maximum absolute atomic E-state index is 14.1. The smallest absolute Gasteiger partial charge is 0.277 e. The number of benzene rings is 1. The first-order chi connectivity index (χ1) is 14.8. The van der Waals surface area contributed by atoms with Crippen molar-refractivity contribution in [1.29, 1.82) is 5.41 Å². The monoisotopic (exact) mass is 449 g/mol. The molecule has 11 heteroatoms.